The fraction of sp³-hybridized carbons (Fsp3) is 0.161. The lowest BCUT2D eigenvalue weighted by molar-refractivity contribution is -0.121. The van der Waals surface area contributed by atoms with E-state index in [0.29, 0.717) is 18.0 Å². The van der Waals surface area contributed by atoms with Crippen LogP contribution in [0, 0.1) is 5.92 Å². The number of nitrogens with one attached hydrogen (secondary N) is 1. The number of anilines is 1. The molecule has 0 bridgehead atoms. The second kappa shape index (κ2) is 9.71. The second-order valence-electron chi connectivity index (χ2n) is 9.60. The molecule has 0 radical (unpaired) electrons. The van der Waals surface area contributed by atoms with Crippen molar-refractivity contribution in [2.75, 3.05) is 5.32 Å². The predicted molar refractivity (Wildman–Crippen MR) is 148 cm³/mol. The Balaban J connectivity index is 1.18. The molecule has 182 valence electrons. The molecular formula is C31H26N4OS. The lowest BCUT2D eigenvalue weighted by Crippen LogP contribution is -2.38. The summed E-state index contributed by atoms with van der Waals surface area (Å²) in [4.78, 5) is 26.8. The number of thiazole rings is 1. The SMILES string of the molecule is C[C@]1(c2cccnc2)c2ccccc2C[C@H]1C(=O)Nc1nc(Cc2ccc(-c3ccncc3)cc2)cs1. The molecule has 5 nitrogen and oxygen atoms in total. The van der Waals surface area contributed by atoms with E-state index in [1.807, 2.05) is 41.9 Å². The molecule has 3 heterocycles. The Morgan fingerprint density at radius 1 is 0.946 bits per heavy atom. The Labute approximate surface area is 220 Å². The van der Waals surface area contributed by atoms with Crippen LogP contribution in [0.3, 0.4) is 0 Å². The minimum absolute atomic E-state index is 0.00911. The van der Waals surface area contributed by atoms with Gasteiger partial charge in [0.25, 0.3) is 0 Å². The van der Waals surface area contributed by atoms with E-state index in [2.05, 4.69) is 64.7 Å². The summed E-state index contributed by atoms with van der Waals surface area (Å²) in [5.41, 5.74) is 7.43. The van der Waals surface area contributed by atoms with Crippen molar-refractivity contribution in [1.29, 1.82) is 0 Å². The van der Waals surface area contributed by atoms with Gasteiger partial charge in [0.2, 0.25) is 5.91 Å². The molecule has 1 N–H and O–H groups in total. The zero-order valence-electron chi connectivity index (χ0n) is 20.5. The molecule has 37 heavy (non-hydrogen) atoms. The van der Waals surface area contributed by atoms with Gasteiger partial charge in [0.15, 0.2) is 5.13 Å². The van der Waals surface area contributed by atoms with Crippen LogP contribution in [0.25, 0.3) is 11.1 Å². The van der Waals surface area contributed by atoms with E-state index in [9.17, 15) is 4.79 Å². The average Bonchev–Trinajstić information content (AvgIpc) is 3.52. The maximum atomic E-state index is 13.6. The molecule has 0 spiro atoms. The van der Waals surface area contributed by atoms with Gasteiger partial charge >= 0.3 is 0 Å². The highest BCUT2D eigenvalue weighted by atomic mass is 32.1. The molecule has 6 heteroatoms. The number of hydrogen-bond acceptors (Lipinski definition) is 5. The van der Waals surface area contributed by atoms with Crippen LogP contribution in [0.4, 0.5) is 5.13 Å². The normalized spacial score (nSPS) is 18.4. The highest BCUT2D eigenvalue weighted by Gasteiger charge is 2.48. The number of aromatic nitrogens is 3. The summed E-state index contributed by atoms with van der Waals surface area (Å²) in [6.45, 7) is 2.16. The van der Waals surface area contributed by atoms with Gasteiger partial charge in [-0.1, -0.05) is 61.5 Å². The van der Waals surface area contributed by atoms with E-state index in [0.717, 1.165) is 22.4 Å². The number of carbonyl (C=O) groups is 1. The van der Waals surface area contributed by atoms with Crippen molar-refractivity contribution in [1.82, 2.24) is 15.0 Å². The maximum Gasteiger partial charge on any atom is 0.230 e. The molecule has 3 aromatic heterocycles. The van der Waals surface area contributed by atoms with Crippen LogP contribution < -0.4 is 5.32 Å². The standard InChI is InChI=1S/C31H26N4OS/c1-31(25-6-4-14-33-19-25)27-7-3-2-5-24(27)18-28(31)29(36)35-30-34-26(20-37-30)17-21-8-10-22(11-9-21)23-12-15-32-16-13-23/h2-16,19-20,28H,17-18H2,1H3,(H,34,35,36)/t28-,31-/m0/s1. The molecule has 5 aromatic rings. The highest BCUT2D eigenvalue weighted by Crippen LogP contribution is 2.48. The summed E-state index contributed by atoms with van der Waals surface area (Å²) in [7, 11) is 0. The van der Waals surface area contributed by atoms with Crippen molar-refractivity contribution in [2.24, 2.45) is 5.92 Å². The molecule has 0 aliphatic heterocycles. The summed E-state index contributed by atoms with van der Waals surface area (Å²) < 4.78 is 0. The fourth-order valence-corrected chi connectivity index (χ4v) is 6.12. The third kappa shape index (κ3) is 4.45. The first kappa shape index (κ1) is 23.3. The van der Waals surface area contributed by atoms with Gasteiger partial charge in [-0.3, -0.25) is 14.8 Å². The quantitative estimate of drug-likeness (QED) is 0.296. The Hall–Kier alpha value is -4.16. The smallest absolute Gasteiger partial charge is 0.230 e. The first-order valence-corrected chi connectivity index (χ1v) is 13.2. The van der Waals surface area contributed by atoms with E-state index in [4.69, 9.17) is 4.98 Å². The largest absolute Gasteiger partial charge is 0.302 e. The molecule has 0 unspecified atom stereocenters. The molecule has 0 saturated heterocycles. The van der Waals surface area contributed by atoms with Crippen LogP contribution in [0.1, 0.15) is 34.9 Å². The van der Waals surface area contributed by atoms with Gasteiger partial charge in [-0.15, -0.1) is 11.3 Å². The Morgan fingerprint density at radius 2 is 1.73 bits per heavy atom. The van der Waals surface area contributed by atoms with Gasteiger partial charge in [0, 0.05) is 42.0 Å². The number of fused-ring (bicyclic) bond motifs is 1. The molecule has 1 aliphatic carbocycles. The van der Waals surface area contributed by atoms with Gasteiger partial charge in [0.05, 0.1) is 11.6 Å². The first-order valence-electron chi connectivity index (χ1n) is 12.3. The molecule has 6 rings (SSSR count). The van der Waals surface area contributed by atoms with Crippen LogP contribution in [0.15, 0.2) is 103 Å². The fourth-order valence-electron chi connectivity index (χ4n) is 5.40. The maximum absolute atomic E-state index is 13.6. The molecule has 0 fully saturated rings. The predicted octanol–water partition coefficient (Wildman–Crippen LogP) is 6.31. The van der Waals surface area contributed by atoms with Gasteiger partial charge in [-0.05, 0) is 58.0 Å². The molecular weight excluding hydrogens is 476 g/mol. The second-order valence-corrected chi connectivity index (χ2v) is 10.5. The Kier molecular flexibility index (Phi) is 6.10. The number of rotatable bonds is 6. The minimum atomic E-state index is -0.453. The number of carbonyl (C=O) groups excluding carboxylic acids is 1. The van der Waals surface area contributed by atoms with Gasteiger partial charge < -0.3 is 5.32 Å². The Morgan fingerprint density at radius 3 is 2.51 bits per heavy atom. The van der Waals surface area contributed by atoms with Crippen molar-refractivity contribution in [3.8, 4) is 11.1 Å². The zero-order chi connectivity index (χ0) is 25.2. The Bertz CT molecular complexity index is 1530. The van der Waals surface area contributed by atoms with E-state index in [1.54, 1.807) is 18.6 Å². The van der Waals surface area contributed by atoms with Crippen LogP contribution in [-0.4, -0.2) is 20.9 Å². The summed E-state index contributed by atoms with van der Waals surface area (Å²) in [6, 6.07) is 24.9. The van der Waals surface area contributed by atoms with Crippen molar-refractivity contribution >= 4 is 22.4 Å². The van der Waals surface area contributed by atoms with Crippen molar-refractivity contribution in [3.05, 3.63) is 131 Å². The van der Waals surface area contributed by atoms with Crippen molar-refractivity contribution in [3.63, 3.8) is 0 Å². The van der Waals surface area contributed by atoms with Crippen molar-refractivity contribution in [2.45, 2.75) is 25.2 Å². The summed E-state index contributed by atoms with van der Waals surface area (Å²) in [6.07, 6.45) is 8.66. The third-order valence-corrected chi connectivity index (χ3v) is 8.22. The zero-order valence-corrected chi connectivity index (χ0v) is 21.3. The van der Waals surface area contributed by atoms with E-state index < -0.39 is 5.41 Å². The van der Waals surface area contributed by atoms with E-state index in [-0.39, 0.29) is 11.8 Å². The average molecular weight is 503 g/mol. The van der Waals surface area contributed by atoms with Gasteiger partial charge in [-0.25, -0.2) is 4.98 Å². The number of pyridine rings is 2. The monoisotopic (exact) mass is 502 g/mol. The number of hydrogen-bond donors (Lipinski definition) is 1. The summed E-state index contributed by atoms with van der Waals surface area (Å²) >= 11 is 1.47. The molecule has 2 atom stereocenters. The topological polar surface area (TPSA) is 67.8 Å². The molecule has 0 saturated carbocycles. The number of amides is 1. The third-order valence-electron chi connectivity index (χ3n) is 7.41. The van der Waals surface area contributed by atoms with Crippen LogP contribution in [0.2, 0.25) is 0 Å². The minimum Gasteiger partial charge on any atom is -0.302 e. The van der Waals surface area contributed by atoms with Gasteiger partial charge in [-0.2, -0.15) is 0 Å². The summed E-state index contributed by atoms with van der Waals surface area (Å²) in [5, 5.41) is 5.78. The van der Waals surface area contributed by atoms with Crippen LogP contribution in [0.5, 0.6) is 0 Å². The lowest BCUT2D eigenvalue weighted by Gasteiger charge is -2.32. The number of benzene rings is 2. The van der Waals surface area contributed by atoms with Crippen molar-refractivity contribution < 1.29 is 4.79 Å². The molecule has 1 aliphatic rings. The lowest BCUT2D eigenvalue weighted by atomic mass is 9.71. The van der Waals surface area contributed by atoms with E-state index in [1.165, 1.54) is 28.0 Å². The van der Waals surface area contributed by atoms with E-state index >= 15 is 0 Å². The molecule has 2 aromatic carbocycles. The highest BCUT2D eigenvalue weighted by molar-refractivity contribution is 7.13. The van der Waals surface area contributed by atoms with Crippen LogP contribution >= 0.6 is 11.3 Å². The first-order chi connectivity index (χ1) is 18.1. The van der Waals surface area contributed by atoms with Gasteiger partial charge in [0.1, 0.15) is 0 Å². The van der Waals surface area contributed by atoms with Crippen LogP contribution in [-0.2, 0) is 23.1 Å². The molecule has 1 amide bonds. The summed E-state index contributed by atoms with van der Waals surface area (Å²) in [5.74, 6) is -0.257. The number of nitrogens with zero attached hydrogens (tertiary/aromatic N) is 3.